The number of anilines is 1. The Morgan fingerprint density at radius 2 is 1.82 bits per heavy atom. The van der Waals surface area contributed by atoms with Crippen LogP contribution in [0.25, 0.3) is 0 Å². The number of hydrogen-bond donors (Lipinski definition) is 1. The summed E-state index contributed by atoms with van der Waals surface area (Å²) in [4.78, 5) is 1.74. The van der Waals surface area contributed by atoms with Gasteiger partial charge >= 0.3 is 6.18 Å². The molecule has 0 unspecified atom stereocenters. The molecule has 2 N–H and O–H groups in total. The number of nitrogens with two attached hydrogens (primary N) is 1. The SMILES string of the molecule is CN(C)c1ccc([C@@H](N)C(F)(F)F)c(Cl)c1.Cl. The van der Waals surface area contributed by atoms with Crippen molar-refractivity contribution in [2.45, 2.75) is 12.2 Å². The van der Waals surface area contributed by atoms with E-state index in [4.69, 9.17) is 17.3 Å². The summed E-state index contributed by atoms with van der Waals surface area (Å²) in [7, 11) is 3.55. The molecule has 1 aromatic carbocycles. The maximum atomic E-state index is 12.4. The second-order valence-electron chi connectivity index (χ2n) is 3.62. The van der Waals surface area contributed by atoms with Crippen LogP contribution >= 0.6 is 24.0 Å². The van der Waals surface area contributed by atoms with E-state index in [2.05, 4.69) is 0 Å². The van der Waals surface area contributed by atoms with Gasteiger partial charge in [-0.2, -0.15) is 13.2 Å². The van der Waals surface area contributed by atoms with Gasteiger partial charge < -0.3 is 10.6 Å². The average molecular weight is 289 g/mol. The predicted molar refractivity (Wildman–Crippen MR) is 66.0 cm³/mol. The highest BCUT2D eigenvalue weighted by molar-refractivity contribution is 6.31. The molecular weight excluding hydrogens is 276 g/mol. The van der Waals surface area contributed by atoms with Crippen molar-refractivity contribution >= 4 is 29.7 Å². The van der Waals surface area contributed by atoms with E-state index < -0.39 is 12.2 Å². The summed E-state index contributed by atoms with van der Waals surface area (Å²) in [6.07, 6.45) is -4.48. The second-order valence-corrected chi connectivity index (χ2v) is 4.03. The van der Waals surface area contributed by atoms with Gasteiger partial charge in [-0.25, -0.2) is 0 Å². The smallest absolute Gasteiger partial charge is 0.378 e. The van der Waals surface area contributed by atoms with Crippen molar-refractivity contribution in [2.24, 2.45) is 5.73 Å². The fraction of sp³-hybridized carbons (Fsp3) is 0.400. The maximum absolute atomic E-state index is 12.4. The zero-order valence-electron chi connectivity index (χ0n) is 9.25. The van der Waals surface area contributed by atoms with E-state index in [0.717, 1.165) is 5.69 Å². The Morgan fingerprint density at radius 1 is 1.29 bits per heavy atom. The number of rotatable bonds is 2. The fourth-order valence-electron chi connectivity index (χ4n) is 1.22. The maximum Gasteiger partial charge on any atom is 0.407 e. The molecule has 2 nitrogen and oxygen atoms in total. The van der Waals surface area contributed by atoms with Gasteiger partial charge in [0.25, 0.3) is 0 Å². The van der Waals surface area contributed by atoms with Crippen molar-refractivity contribution < 1.29 is 13.2 Å². The summed E-state index contributed by atoms with van der Waals surface area (Å²) < 4.78 is 37.1. The summed E-state index contributed by atoms with van der Waals surface area (Å²) in [6.45, 7) is 0. The highest BCUT2D eigenvalue weighted by Crippen LogP contribution is 2.35. The minimum absolute atomic E-state index is 0. The molecule has 0 radical (unpaired) electrons. The Kier molecular flexibility index (Phi) is 5.58. The van der Waals surface area contributed by atoms with Crippen LogP contribution in [-0.2, 0) is 0 Å². The molecule has 0 amide bonds. The molecule has 1 atom stereocenters. The van der Waals surface area contributed by atoms with Crippen LogP contribution in [0.5, 0.6) is 0 Å². The monoisotopic (exact) mass is 288 g/mol. The molecule has 1 aromatic rings. The van der Waals surface area contributed by atoms with E-state index in [1.54, 1.807) is 25.1 Å². The van der Waals surface area contributed by atoms with Gasteiger partial charge in [0.05, 0.1) is 0 Å². The number of halogens is 5. The predicted octanol–water partition coefficient (Wildman–Crippen LogP) is 3.39. The van der Waals surface area contributed by atoms with E-state index in [9.17, 15) is 13.2 Å². The highest BCUT2D eigenvalue weighted by atomic mass is 35.5. The lowest BCUT2D eigenvalue weighted by atomic mass is 10.1. The van der Waals surface area contributed by atoms with Crippen molar-refractivity contribution in [3.05, 3.63) is 28.8 Å². The molecule has 0 saturated heterocycles. The van der Waals surface area contributed by atoms with Crippen LogP contribution in [-0.4, -0.2) is 20.3 Å². The van der Waals surface area contributed by atoms with Crippen LogP contribution < -0.4 is 10.6 Å². The van der Waals surface area contributed by atoms with Gasteiger partial charge in [-0.1, -0.05) is 17.7 Å². The van der Waals surface area contributed by atoms with E-state index in [1.165, 1.54) is 12.1 Å². The molecule has 0 heterocycles. The number of nitrogens with zero attached hydrogens (tertiary/aromatic N) is 1. The van der Waals surface area contributed by atoms with Crippen molar-refractivity contribution in [3.8, 4) is 0 Å². The Labute approximate surface area is 109 Å². The molecule has 0 spiro atoms. The Hall–Kier alpha value is -0.650. The van der Waals surface area contributed by atoms with Crippen molar-refractivity contribution in [1.29, 1.82) is 0 Å². The summed E-state index contributed by atoms with van der Waals surface area (Å²) in [5.41, 5.74) is 5.69. The van der Waals surface area contributed by atoms with Crippen LogP contribution in [0.15, 0.2) is 18.2 Å². The van der Waals surface area contributed by atoms with Gasteiger partial charge in [-0.3, -0.25) is 0 Å². The van der Waals surface area contributed by atoms with Gasteiger partial charge in [-0.15, -0.1) is 12.4 Å². The Balaban J connectivity index is 0.00000256. The van der Waals surface area contributed by atoms with Crippen LogP contribution in [0.4, 0.5) is 18.9 Å². The topological polar surface area (TPSA) is 29.3 Å². The largest absolute Gasteiger partial charge is 0.407 e. The van der Waals surface area contributed by atoms with Crippen molar-refractivity contribution in [1.82, 2.24) is 0 Å². The van der Waals surface area contributed by atoms with E-state index in [0.29, 0.717) is 0 Å². The van der Waals surface area contributed by atoms with Crippen LogP contribution in [0, 0.1) is 0 Å². The van der Waals surface area contributed by atoms with Crippen molar-refractivity contribution in [3.63, 3.8) is 0 Å². The van der Waals surface area contributed by atoms with Gasteiger partial charge in [0, 0.05) is 24.8 Å². The van der Waals surface area contributed by atoms with E-state index in [1.807, 2.05) is 0 Å². The number of benzene rings is 1. The molecule has 0 bridgehead atoms. The third kappa shape index (κ3) is 3.94. The van der Waals surface area contributed by atoms with E-state index in [-0.39, 0.29) is 23.0 Å². The zero-order valence-corrected chi connectivity index (χ0v) is 10.8. The quantitative estimate of drug-likeness (QED) is 0.904. The molecule has 0 aromatic heterocycles. The first-order chi connectivity index (χ1) is 7.23. The molecule has 17 heavy (non-hydrogen) atoms. The normalized spacial score (nSPS) is 12.9. The van der Waals surface area contributed by atoms with Crippen LogP contribution in [0.3, 0.4) is 0 Å². The molecular formula is C10H13Cl2F3N2. The first-order valence-electron chi connectivity index (χ1n) is 4.52. The molecule has 0 fully saturated rings. The third-order valence-electron chi connectivity index (χ3n) is 2.19. The number of hydrogen-bond acceptors (Lipinski definition) is 2. The average Bonchev–Trinajstić information content (AvgIpc) is 2.15. The Bertz CT molecular complexity index is 380. The number of alkyl halides is 3. The van der Waals surface area contributed by atoms with Gasteiger partial charge in [0.15, 0.2) is 0 Å². The standard InChI is InChI=1S/C10H12ClF3N2.ClH/c1-16(2)6-3-4-7(8(11)5-6)9(15)10(12,13)14;/h3-5,9H,15H2,1-2H3;1H/t9-;/m1./s1. The molecule has 98 valence electrons. The molecule has 1 rings (SSSR count). The lowest BCUT2D eigenvalue weighted by Crippen LogP contribution is -2.28. The van der Waals surface area contributed by atoms with Crippen molar-refractivity contribution in [2.75, 3.05) is 19.0 Å². The summed E-state index contributed by atoms with van der Waals surface area (Å²) in [5, 5.41) is 0.0241. The van der Waals surface area contributed by atoms with Crippen LogP contribution in [0.2, 0.25) is 5.02 Å². The zero-order chi connectivity index (χ0) is 12.5. The molecule has 0 aliphatic carbocycles. The lowest BCUT2D eigenvalue weighted by Gasteiger charge is -2.19. The second kappa shape index (κ2) is 5.80. The Morgan fingerprint density at radius 3 is 2.18 bits per heavy atom. The highest BCUT2D eigenvalue weighted by Gasteiger charge is 2.38. The third-order valence-corrected chi connectivity index (χ3v) is 2.52. The minimum atomic E-state index is -4.48. The fourth-order valence-corrected chi connectivity index (χ4v) is 1.52. The molecule has 0 saturated carbocycles. The summed E-state index contributed by atoms with van der Waals surface area (Å²) in [5.74, 6) is 0. The van der Waals surface area contributed by atoms with Gasteiger partial charge in [0.1, 0.15) is 6.04 Å². The van der Waals surface area contributed by atoms with E-state index >= 15 is 0 Å². The van der Waals surface area contributed by atoms with Gasteiger partial charge in [0.2, 0.25) is 0 Å². The molecule has 0 aliphatic heterocycles. The van der Waals surface area contributed by atoms with Crippen LogP contribution in [0.1, 0.15) is 11.6 Å². The summed E-state index contributed by atoms with van der Waals surface area (Å²) >= 11 is 5.77. The first-order valence-corrected chi connectivity index (χ1v) is 4.90. The first kappa shape index (κ1) is 16.4. The molecule has 7 heteroatoms. The lowest BCUT2D eigenvalue weighted by molar-refractivity contribution is -0.149. The van der Waals surface area contributed by atoms with Gasteiger partial charge in [-0.05, 0) is 17.7 Å². The minimum Gasteiger partial charge on any atom is -0.378 e. The summed E-state index contributed by atoms with van der Waals surface area (Å²) in [6, 6.07) is 2.27. The molecule has 0 aliphatic rings.